The van der Waals surface area contributed by atoms with Crippen molar-refractivity contribution < 1.29 is 19.0 Å². The topological polar surface area (TPSA) is 44.8 Å². The van der Waals surface area contributed by atoms with E-state index >= 15 is 0 Å². The van der Waals surface area contributed by atoms with Crippen molar-refractivity contribution in [1.82, 2.24) is 0 Å². The lowest BCUT2D eigenvalue weighted by Gasteiger charge is -2.29. The van der Waals surface area contributed by atoms with Gasteiger partial charge in [0.2, 0.25) is 0 Å². The van der Waals surface area contributed by atoms with Crippen molar-refractivity contribution >= 4 is 5.97 Å². The molecule has 2 heterocycles. The summed E-state index contributed by atoms with van der Waals surface area (Å²) < 4.78 is 17.4. The van der Waals surface area contributed by atoms with E-state index in [2.05, 4.69) is 30.9 Å². The first-order valence-electron chi connectivity index (χ1n) is 9.72. The van der Waals surface area contributed by atoms with Gasteiger partial charge in [-0.1, -0.05) is 19.1 Å². The zero-order valence-electron chi connectivity index (χ0n) is 15.4. The van der Waals surface area contributed by atoms with E-state index < -0.39 is 0 Å². The van der Waals surface area contributed by atoms with Gasteiger partial charge in [0.15, 0.2) is 6.29 Å². The van der Waals surface area contributed by atoms with Crippen LogP contribution in [-0.2, 0) is 19.0 Å². The number of allylic oxidation sites excluding steroid dienone is 1. The molecule has 0 aromatic rings. The molecule has 25 heavy (non-hydrogen) atoms. The molecule has 3 aliphatic rings. The van der Waals surface area contributed by atoms with E-state index in [9.17, 15) is 4.79 Å². The molecule has 3 rings (SSSR count). The van der Waals surface area contributed by atoms with Crippen LogP contribution in [0.15, 0.2) is 12.2 Å². The first kappa shape index (κ1) is 18.5. The van der Waals surface area contributed by atoms with Crippen LogP contribution in [0, 0.1) is 29.6 Å². The molecule has 0 aromatic carbocycles. The number of carbonyl (C=O) groups excluding carboxylic acids is 1. The van der Waals surface area contributed by atoms with Crippen LogP contribution in [0.5, 0.6) is 0 Å². The fourth-order valence-electron chi connectivity index (χ4n) is 4.13. The standard InChI is InChI=1S/C21H30O4/c1-3-4-7-15(2)18(25-21-8-5-6-13-23-21)11-9-16-10-12-19-17(16)14-20(22)24-19/h9,11,15-19,21H,5-8,10,12-14H2,1-2H3/t15?,16-,17+,18+,19-,21?/m0/s1. The van der Waals surface area contributed by atoms with Gasteiger partial charge < -0.3 is 14.2 Å². The van der Waals surface area contributed by atoms with Crippen LogP contribution in [0.2, 0.25) is 0 Å². The third kappa shape index (κ3) is 4.86. The summed E-state index contributed by atoms with van der Waals surface area (Å²) in [5.74, 6) is 7.18. The van der Waals surface area contributed by atoms with Gasteiger partial charge in [-0.2, -0.15) is 0 Å². The zero-order chi connectivity index (χ0) is 17.6. The summed E-state index contributed by atoms with van der Waals surface area (Å²) in [4.78, 5) is 11.5. The number of hydrogen-bond acceptors (Lipinski definition) is 4. The summed E-state index contributed by atoms with van der Waals surface area (Å²) in [6, 6.07) is 0. The van der Waals surface area contributed by atoms with Crippen molar-refractivity contribution in [2.75, 3.05) is 6.61 Å². The van der Waals surface area contributed by atoms with E-state index in [-0.39, 0.29) is 24.5 Å². The highest BCUT2D eigenvalue weighted by Gasteiger charge is 2.43. The van der Waals surface area contributed by atoms with Crippen LogP contribution in [-0.4, -0.2) is 31.1 Å². The Morgan fingerprint density at radius 3 is 2.96 bits per heavy atom. The lowest BCUT2D eigenvalue weighted by atomic mass is 9.91. The van der Waals surface area contributed by atoms with Crippen molar-refractivity contribution in [2.45, 2.75) is 77.3 Å². The molecule has 0 amide bonds. The Kier molecular flexibility index (Phi) is 6.56. The van der Waals surface area contributed by atoms with E-state index in [4.69, 9.17) is 14.2 Å². The Balaban J connectivity index is 1.63. The number of hydrogen-bond donors (Lipinski definition) is 0. The monoisotopic (exact) mass is 346 g/mol. The maximum absolute atomic E-state index is 11.5. The molecule has 2 saturated heterocycles. The molecule has 1 aliphatic carbocycles. The number of carbonyl (C=O) groups is 1. The number of rotatable bonds is 6. The molecule has 1 saturated carbocycles. The average Bonchev–Trinajstić information content (AvgIpc) is 3.16. The SMILES string of the molecule is CC#CCC(C)[C@@H](C=C[C@H]1CC[C@@H]2OC(=O)C[C@@H]21)OC1CCCCO1. The minimum atomic E-state index is -0.104. The number of esters is 1. The number of ether oxygens (including phenoxy) is 3. The van der Waals surface area contributed by atoms with E-state index in [0.29, 0.717) is 24.2 Å². The van der Waals surface area contributed by atoms with Crippen molar-refractivity contribution in [2.24, 2.45) is 17.8 Å². The van der Waals surface area contributed by atoms with Gasteiger partial charge in [-0.15, -0.1) is 11.8 Å². The second-order valence-electron chi connectivity index (χ2n) is 7.53. The van der Waals surface area contributed by atoms with Gasteiger partial charge in [0.05, 0.1) is 12.5 Å². The lowest BCUT2D eigenvalue weighted by Crippen LogP contribution is -2.30. The zero-order valence-corrected chi connectivity index (χ0v) is 15.4. The Morgan fingerprint density at radius 2 is 2.20 bits per heavy atom. The molecule has 2 aliphatic heterocycles. The molecule has 4 heteroatoms. The highest BCUT2D eigenvalue weighted by molar-refractivity contribution is 5.72. The fraction of sp³-hybridized carbons (Fsp3) is 0.762. The van der Waals surface area contributed by atoms with E-state index in [1.54, 1.807) is 0 Å². The van der Waals surface area contributed by atoms with Crippen molar-refractivity contribution in [3.8, 4) is 11.8 Å². The third-order valence-corrected chi connectivity index (χ3v) is 5.65. The quantitative estimate of drug-likeness (QED) is 0.416. The second-order valence-corrected chi connectivity index (χ2v) is 7.53. The number of fused-ring (bicyclic) bond motifs is 1. The summed E-state index contributed by atoms with van der Waals surface area (Å²) in [5.41, 5.74) is 0. The molecule has 0 aromatic heterocycles. The largest absolute Gasteiger partial charge is 0.462 e. The van der Waals surface area contributed by atoms with E-state index in [1.807, 2.05) is 6.92 Å². The molecular weight excluding hydrogens is 316 g/mol. The van der Waals surface area contributed by atoms with Crippen LogP contribution < -0.4 is 0 Å². The normalized spacial score (nSPS) is 34.2. The lowest BCUT2D eigenvalue weighted by molar-refractivity contribution is -0.186. The second kappa shape index (κ2) is 8.87. The maximum Gasteiger partial charge on any atom is 0.306 e. The van der Waals surface area contributed by atoms with Gasteiger partial charge >= 0.3 is 5.97 Å². The molecule has 138 valence electrons. The first-order valence-corrected chi connectivity index (χ1v) is 9.72. The predicted octanol–water partition coefficient (Wildman–Crippen LogP) is 3.85. The average molecular weight is 346 g/mol. The van der Waals surface area contributed by atoms with Gasteiger partial charge in [-0.3, -0.25) is 4.79 Å². The van der Waals surface area contributed by atoms with Crippen LogP contribution >= 0.6 is 0 Å². The van der Waals surface area contributed by atoms with E-state index in [0.717, 1.165) is 45.1 Å². The Bertz CT molecular complexity index is 538. The van der Waals surface area contributed by atoms with Gasteiger partial charge in [-0.05, 0) is 50.9 Å². The molecule has 6 atom stereocenters. The van der Waals surface area contributed by atoms with Gasteiger partial charge in [0.1, 0.15) is 6.10 Å². The molecule has 2 unspecified atom stereocenters. The molecular formula is C21H30O4. The third-order valence-electron chi connectivity index (χ3n) is 5.65. The van der Waals surface area contributed by atoms with E-state index in [1.165, 1.54) is 0 Å². The van der Waals surface area contributed by atoms with Crippen LogP contribution in [0.3, 0.4) is 0 Å². The van der Waals surface area contributed by atoms with Crippen LogP contribution in [0.1, 0.15) is 58.8 Å². The summed E-state index contributed by atoms with van der Waals surface area (Å²) in [7, 11) is 0. The smallest absolute Gasteiger partial charge is 0.306 e. The van der Waals surface area contributed by atoms with Gasteiger partial charge in [0.25, 0.3) is 0 Å². The Morgan fingerprint density at radius 1 is 1.32 bits per heavy atom. The fourth-order valence-corrected chi connectivity index (χ4v) is 4.13. The highest BCUT2D eigenvalue weighted by Crippen LogP contribution is 2.42. The summed E-state index contributed by atoms with van der Waals surface area (Å²) in [5, 5.41) is 0. The first-order chi connectivity index (χ1) is 12.2. The summed E-state index contributed by atoms with van der Waals surface area (Å²) in [6.07, 6.45) is 11.2. The van der Waals surface area contributed by atoms with Gasteiger partial charge in [-0.25, -0.2) is 0 Å². The van der Waals surface area contributed by atoms with Gasteiger partial charge in [0, 0.05) is 18.9 Å². The Labute approximate surface area is 151 Å². The Hall–Kier alpha value is -1.31. The molecule has 0 radical (unpaired) electrons. The summed E-state index contributed by atoms with van der Waals surface area (Å²) in [6.45, 7) is 4.84. The molecule has 3 fully saturated rings. The predicted molar refractivity (Wildman–Crippen MR) is 95.5 cm³/mol. The minimum absolute atomic E-state index is 0.000947. The maximum atomic E-state index is 11.5. The molecule has 0 spiro atoms. The van der Waals surface area contributed by atoms with Crippen LogP contribution in [0.25, 0.3) is 0 Å². The molecule has 0 N–H and O–H groups in total. The molecule has 0 bridgehead atoms. The summed E-state index contributed by atoms with van der Waals surface area (Å²) >= 11 is 0. The van der Waals surface area contributed by atoms with Crippen molar-refractivity contribution in [3.63, 3.8) is 0 Å². The minimum Gasteiger partial charge on any atom is -0.462 e. The van der Waals surface area contributed by atoms with Crippen molar-refractivity contribution in [3.05, 3.63) is 12.2 Å². The highest BCUT2D eigenvalue weighted by atomic mass is 16.7. The van der Waals surface area contributed by atoms with Crippen LogP contribution in [0.4, 0.5) is 0 Å². The molecule has 4 nitrogen and oxygen atoms in total. The van der Waals surface area contributed by atoms with Crippen molar-refractivity contribution in [1.29, 1.82) is 0 Å².